The number of piperidine rings is 1. The van der Waals surface area contributed by atoms with E-state index in [9.17, 15) is 4.79 Å². The summed E-state index contributed by atoms with van der Waals surface area (Å²) in [6.07, 6.45) is 8.20. The van der Waals surface area contributed by atoms with Crippen LogP contribution in [0.4, 0.5) is 0 Å². The molecule has 4 heteroatoms. The second-order valence-electron chi connectivity index (χ2n) is 6.92. The fourth-order valence-corrected chi connectivity index (χ4v) is 4.48. The average Bonchev–Trinajstić information content (AvgIpc) is 3.08. The third-order valence-electron chi connectivity index (χ3n) is 5.63. The normalized spacial score (nSPS) is 37.9. The molecule has 3 aliphatic rings. The first kappa shape index (κ1) is 14.3. The van der Waals surface area contributed by atoms with Crippen molar-refractivity contribution in [2.24, 2.45) is 5.41 Å². The van der Waals surface area contributed by atoms with E-state index in [0.29, 0.717) is 18.0 Å². The van der Waals surface area contributed by atoms with Gasteiger partial charge in [0.25, 0.3) is 0 Å². The summed E-state index contributed by atoms with van der Waals surface area (Å²) in [5.74, 6) is 0.321. The summed E-state index contributed by atoms with van der Waals surface area (Å²) >= 11 is 0. The van der Waals surface area contributed by atoms with Crippen LogP contribution in [0.2, 0.25) is 0 Å². The zero-order valence-corrected chi connectivity index (χ0v) is 12.8. The topological polar surface area (TPSA) is 44.4 Å². The fraction of sp³-hybridized carbons (Fsp3) is 0.938. The van der Waals surface area contributed by atoms with E-state index in [2.05, 4.69) is 22.5 Å². The van der Waals surface area contributed by atoms with E-state index in [0.717, 1.165) is 38.8 Å². The minimum Gasteiger partial charge on any atom is -0.351 e. The Morgan fingerprint density at radius 3 is 3.00 bits per heavy atom. The predicted octanol–water partition coefficient (Wildman–Crippen LogP) is 1.51. The quantitative estimate of drug-likeness (QED) is 0.820. The van der Waals surface area contributed by atoms with Crippen LogP contribution in [0.3, 0.4) is 0 Å². The molecule has 0 aromatic rings. The van der Waals surface area contributed by atoms with Gasteiger partial charge in [0.1, 0.15) is 0 Å². The van der Waals surface area contributed by atoms with Crippen molar-refractivity contribution in [2.45, 2.75) is 64.0 Å². The van der Waals surface area contributed by atoms with Crippen LogP contribution in [-0.4, -0.2) is 49.1 Å². The van der Waals surface area contributed by atoms with E-state index in [1.807, 2.05) is 0 Å². The third kappa shape index (κ3) is 2.60. The van der Waals surface area contributed by atoms with Gasteiger partial charge in [-0.05, 0) is 45.2 Å². The van der Waals surface area contributed by atoms with Crippen LogP contribution in [0.25, 0.3) is 0 Å². The highest BCUT2D eigenvalue weighted by Crippen LogP contribution is 2.33. The van der Waals surface area contributed by atoms with Gasteiger partial charge in [-0.2, -0.15) is 0 Å². The lowest BCUT2D eigenvalue weighted by molar-refractivity contribution is -0.131. The van der Waals surface area contributed by atoms with E-state index in [-0.39, 0.29) is 5.41 Å². The highest BCUT2D eigenvalue weighted by Gasteiger charge is 2.43. The highest BCUT2D eigenvalue weighted by molar-refractivity contribution is 5.83. The number of rotatable bonds is 4. The molecule has 3 aliphatic heterocycles. The largest absolute Gasteiger partial charge is 0.351 e. The minimum absolute atomic E-state index is 0.128. The van der Waals surface area contributed by atoms with Crippen molar-refractivity contribution in [3.8, 4) is 0 Å². The molecule has 3 fully saturated rings. The van der Waals surface area contributed by atoms with Gasteiger partial charge < -0.3 is 10.6 Å². The van der Waals surface area contributed by atoms with E-state index >= 15 is 0 Å². The molecule has 0 aromatic heterocycles. The molecule has 0 aromatic carbocycles. The van der Waals surface area contributed by atoms with Crippen molar-refractivity contribution in [1.82, 2.24) is 15.5 Å². The number of carbonyl (C=O) groups is 1. The molecule has 1 amide bonds. The first-order valence-corrected chi connectivity index (χ1v) is 8.51. The number of hydrogen-bond donors (Lipinski definition) is 2. The van der Waals surface area contributed by atoms with Gasteiger partial charge in [-0.15, -0.1) is 0 Å². The third-order valence-corrected chi connectivity index (χ3v) is 5.63. The van der Waals surface area contributed by atoms with Crippen LogP contribution in [0.5, 0.6) is 0 Å². The monoisotopic (exact) mass is 279 g/mol. The molecule has 3 unspecified atom stereocenters. The van der Waals surface area contributed by atoms with Crippen molar-refractivity contribution in [2.75, 3.05) is 26.2 Å². The van der Waals surface area contributed by atoms with Crippen molar-refractivity contribution < 1.29 is 4.79 Å². The Bertz CT molecular complexity index is 352. The molecule has 0 radical (unpaired) electrons. The van der Waals surface area contributed by atoms with Gasteiger partial charge in [-0.25, -0.2) is 0 Å². The Kier molecular flexibility index (Phi) is 4.32. The van der Waals surface area contributed by atoms with Crippen LogP contribution in [0, 0.1) is 5.41 Å². The summed E-state index contributed by atoms with van der Waals surface area (Å²) in [5.41, 5.74) is -0.128. The molecular weight excluding hydrogens is 250 g/mol. The second-order valence-corrected chi connectivity index (χ2v) is 6.92. The van der Waals surface area contributed by atoms with E-state index in [1.54, 1.807) is 0 Å². The van der Waals surface area contributed by atoms with Gasteiger partial charge in [0, 0.05) is 25.2 Å². The molecule has 20 heavy (non-hydrogen) atoms. The summed E-state index contributed by atoms with van der Waals surface area (Å²) in [6.45, 7) is 6.46. The molecule has 3 heterocycles. The van der Waals surface area contributed by atoms with Crippen LogP contribution < -0.4 is 10.6 Å². The summed E-state index contributed by atoms with van der Waals surface area (Å²) < 4.78 is 0. The molecule has 3 rings (SSSR count). The number of hydrogen-bond acceptors (Lipinski definition) is 3. The molecule has 0 spiro atoms. The number of nitrogens with zero attached hydrogens (tertiary/aromatic N) is 1. The number of fused-ring (bicyclic) bond motifs is 1. The maximum absolute atomic E-state index is 12.8. The van der Waals surface area contributed by atoms with E-state index < -0.39 is 0 Å². The van der Waals surface area contributed by atoms with E-state index in [1.165, 1.54) is 32.4 Å². The lowest BCUT2D eigenvalue weighted by atomic mass is 9.81. The summed E-state index contributed by atoms with van der Waals surface area (Å²) in [5, 5.41) is 6.81. The standard InChI is InChI=1S/C16H29N3O/c1-2-7-16(8-9-17-12-16)15(20)18-13-6-11-19-10-4-3-5-14(13)19/h13-14,17H,2-12H2,1H3,(H,18,20). The van der Waals surface area contributed by atoms with Gasteiger partial charge in [0.15, 0.2) is 0 Å². The Balaban J connectivity index is 1.63. The number of amides is 1. The first-order chi connectivity index (χ1) is 9.75. The molecular formula is C16H29N3O. The predicted molar refractivity (Wildman–Crippen MR) is 80.6 cm³/mol. The smallest absolute Gasteiger partial charge is 0.227 e. The van der Waals surface area contributed by atoms with Crippen LogP contribution >= 0.6 is 0 Å². The Hall–Kier alpha value is -0.610. The van der Waals surface area contributed by atoms with Crippen molar-refractivity contribution in [3.63, 3.8) is 0 Å². The molecule has 0 bridgehead atoms. The zero-order chi connectivity index (χ0) is 14.0. The lowest BCUT2D eigenvalue weighted by Gasteiger charge is -2.34. The molecule has 0 saturated carbocycles. The summed E-state index contributed by atoms with van der Waals surface area (Å²) in [4.78, 5) is 15.4. The summed E-state index contributed by atoms with van der Waals surface area (Å²) in [7, 11) is 0. The number of nitrogens with one attached hydrogen (secondary N) is 2. The molecule has 3 atom stereocenters. The maximum Gasteiger partial charge on any atom is 0.227 e. The van der Waals surface area contributed by atoms with Crippen molar-refractivity contribution in [1.29, 1.82) is 0 Å². The van der Waals surface area contributed by atoms with Gasteiger partial charge in [0.2, 0.25) is 5.91 Å². The molecule has 4 nitrogen and oxygen atoms in total. The van der Waals surface area contributed by atoms with Crippen LogP contribution in [0.1, 0.15) is 51.9 Å². The zero-order valence-electron chi connectivity index (χ0n) is 12.8. The van der Waals surface area contributed by atoms with Crippen molar-refractivity contribution >= 4 is 5.91 Å². The minimum atomic E-state index is -0.128. The molecule has 3 saturated heterocycles. The maximum atomic E-state index is 12.8. The highest BCUT2D eigenvalue weighted by atomic mass is 16.2. The van der Waals surface area contributed by atoms with E-state index in [4.69, 9.17) is 0 Å². The molecule has 114 valence electrons. The Morgan fingerprint density at radius 2 is 2.25 bits per heavy atom. The first-order valence-electron chi connectivity index (χ1n) is 8.51. The SMILES string of the molecule is CCCC1(C(=O)NC2CCN3CCCCC23)CCNC1. The fourth-order valence-electron chi connectivity index (χ4n) is 4.48. The van der Waals surface area contributed by atoms with Crippen LogP contribution in [-0.2, 0) is 4.79 Å². The van der Waals surface area contributed by atoms with Gasteiger partial charge in [-0.1, -0.05) is 19.8 Å². The van der Waals surface area contributed by atoms with Crippen molar-refractivity contribution in [3.05, 3.63) is 0 Å². The van der Waals surface area contributed by atoms with Crippen LogP contribution in [0.15, 0.2) is 0 Å². The number of carbonyl (C=O) groups excluding carboxylic acids is 1. The Labute approximate surface area is 122 Å². The van der Waals surface area contributed by atoms with Gasteiger partial charge >= 0.3 is 0 Å². The van der Waals surface area contributed by atoms with Gasteiger partial charge in [0.05, 0.1) is 5.41 Å². The second kappa shape index (κ2) is 6.02. The lowest BCUT2D eigenvalue weighted by Crippen LogP contribution is -2.51. The molecule has 0 aliphatic carbocycles. The molecule has 2 N–H and O–H groups in total. The van der Waals surface area contributed by atoms with Gasteiger partial charge in [-0.3, -0.25) is 9.69 Å². The summed E-state index contributed by atoms with van der Waals surface area (Å²) in [6, 6.07) is 1.01. The Morgan fingerprint density at radius 1 is 1.35 bits per heavy atom. The average molecular weight is 279 g/mol.